The SMILES string of the molecule is NOP(=O)(O)OC(=O)C(O)CO. The van der Waals surface area contributed by atoms with Gasteiger partial charge in [-0.05, 0) is 0 Å². The lowest BCUT2D eigenvalue weighted by Crippen LogP contribution is -2.26. The second kappa shape index (κ2) is 4.51. The van der Waals surface area contributed by atoms with Crippen LogP contribution in [0.2, 0.25) is 0 Å². The minimum absolute atomic E-state index is 0.927. The van der Waals surface area contributed by atoms with Crippen molar-refractivity contribution in [2.24, 2.45) is 5.90 Å². The molecule has 0 aromatic carbocycles. The summed E-state index contributed by atoms with van der Waals surface area (Å²) in [5.41, 5.74) is 0. The van der Waals surface area contributed by atoms with Crippen molar-refractivity contribution < 1.29 is 33.6 Å². The van der Waals surface area contributed by atoms with Crippen LogP contribution in [0.1, 0.15) is 0 Å². The molecule has 0 aliphatic carbocycles. The third-order valence-electron chi connectivity index (χ3n) is 0.784. The third kappa shape index (κ3) is 3.77. The maximum atomic E-state index is 10.4. The highest BCUT2D eigenvalue weighted by Gasteiger charge is 2.28. The van der Waals surface area contributed by atoms with Crippen LogP contribution < -0.4 is 5.90 Å². The number of phosphoric ester groups is 1. The van der Waals surface area contributed by atoms with Crippen molar-refractivity contribution in [2.45, 2.75) is 6.10 Å². The topological polar surface area (TPSA) is 139 Å². The fourth-order valence-corrected chi connectivity index (χ4v) is 0.663. The summed E-state index contributed by atoms with van der Waals surface area (Å²) in [6.07, 6.45) is -1.89. The quantitative estimate of drug-likeness (QED) is 0.299. The van der Waals surface area contributed by atoms with Gasteiger partial charge in [0.2, 0.25) is 0 Å². The minimum Gasteiger partial charge on any atom is -0.393 e. The van der Waals surface area contributed by atoms with Crippen molar-refractivity contribution in [1.82, 2.24) is 0 Å². The molecule has 0 bridgehead atoms. The summed E-state index contributed by atoms with van der Waals surface area (Å²) in [7, 11) is -4.64. The Kier molecular flexibility index (Phi) is 4.32. The molecule has 0 amide bonds. The molecule has 12 heavy (non-hydrogen) atoms. The molecule has 0 rings (SSSR count). The van der Waals surface area contributed by atoms with E-state index in [0.29, 0.717) is 0 Å². The molecule has 72 valence electrons. The summed E-state index contributed by atoms with van der Waals surface area (Å²) < 4.78 is 17.4. The lowest BCUT2D eigenvalue weighted by molar-refractivity contribution is -0.147. The number of rotatable bonds is 4. The highest BCUT2D eigenvalue weighted by atomic mass is 31.2. The minimum atomic E-state index is -4.64. The first-order chi connectivity index (χ1) is 5.43. The van der Waals surface area contributed by atoms with Crippen LogP contribution in [-0.4, -0.2) is 33.8 Å². The smallest absolute Gasteiger partial charge is 0.393 e. The second-order valence-corrected chi connectivity index (χ2v) is 3.01. The van der Waals surface area contributed by atoms with Gasteiger partial charge in [0.15, 0.2) is 6.10 Å². The van der Waals surface area contributed by atoms with Crippen LogP contribution in [0.3, 0.4) is 0 Å². The number of nitrogens with two attached hydrogens (primary N) is 1. The van der Waals surface area contributed by atoms with E-state index >= 15 is 0 Å². The van der Waals surface area contributed by atoms with Gasteiger partial charge in [0, 0.05) is 0 Å². The van der Waals surface area contributed by atoms with Crippen LogP contribution in [0.25, 0.3) is 0 Å². The lowest BCUT2D eigenvalue weighted by Gasteiger charge is -2.09. The summed E-state index contributed by atoms with van der Waals surface area (Å²) >= 11 is 0. The van der Waals surface area contributed by atoms with Crippen molar-refractivity contribution in [2.75, 3.05) is 6.61 Å². The zero-order valence-corrected chi connectivity index (χ0v) is 6.68. The Balaban J connectivity index is 4.10. The van der Waals surface area contributed by atoms with Gasteiger partial charge in [-0.25, -0.2) is 15.3 Å². The summed E-state index contributed by atoms with van der Waals surface area (Å²) in [5.74, 6) is 2.77. The van der Waals surface area contributed by atoms with Crippen LogP contribution in [0, 0.1) is 0 Å². The fraction of sp³-hybridized carbons (Fsp3) is 0.667. The molecule has 8 nitrogen and oxygen atoms in total. The van der Waals surface area contributed by atoms with E-state index in [1.54, 1.807) is 0 Å². The molecule has 2 atom stereocenters. The average Bonchev–Trinajstić information content (AvgIpc) is 2.02. The van der Waals surface area contributed by atoms with Gasteiger partial charge >= 0.3 is 13.8 Å². The van der Waals surface area contributed by atoms with E-state index in [4.69, 9.17) is 15.1 Å². The van der Waals surface area contributed by atoms with E-state index in [9.17, 15) is 9.36 Å². The van der Waals surface area contributed by atoms with Gasteiger partial charge < -0.3 is 14.7 Å². The second-order valence-electron chi connectivity index (χ2n) is 1.68. The molecule has 0 saturated carbocycles. The maximum Gasteiger partial charge on any atom is 0.546 e. The van der Waals surface area contributed by atoms with E-state index in [1.165, 1.54) is 0 Å². The van der Waals surface area contributed by atoms with E-state index in [2.05, 4.69) is 15.0 Å². The lowest BCUT2D eigenvalue weighted by atomic mass is 10.4. The highest BCUT2D eigenvalue weighted by molar-refractivity contribution is 7.47. The standard InChI is InChI=1S/C3H8NO7P/c4-11-12(8,9)10-3(7)2(6)1-5/h2,5-6H,1,4H2,(H,8,9). The Hall–Kier alpha value is -0.500. The Bertz CT molecular complexity index is 205. The molecule has 0 radical (unpaired) electrons. The average molecular weight is 201 g/mol. The third-order valence-corrected chi connectivity index (χ3v) is 1.46. The Morgan fingerprint density at radius 3 is 2.50 bits per heavy atom. The van der Waals surface area contributed by atoms with Crippen LogP contribution in [0.4, 0.5) is 0 Å². The molecule has 0 aromatic rings. The van der Waals surface area contributed by atoms with Crippen LogP contribution in [0.5, 0.6) is 0 Å². The summed E-state index contributed by atoms with van der Waals surface area (Å²) in [6.45, 7) is -0.927. The summed E-state index contributed by atoms with van der Waals surface area (Å²) in [4.78, 5) is 18.9. The molecule has 0 heterocycles. The number of aliphatic hydroxyl groups is 2. The molecule has 0 spiro atoms. The largest absolute Gasteiger partial charge is 0.546 e. The molecule has 5 N–H and O–H groups in total. The van der Waals surface area contributed by atoms with Gasteiger partial charge in [-0.2, -0.15) is 4.62 Å². The Morgan fingerprint density at radius 2 is 2.17 bits per heavy atom. The predicted octanol–water partition coefficient (Wildman–Crippen LogP) is -2.13. The predicted molar refractivity (Wildman–Crippen MR) is 34.3 cm³/mol. The molecule has 0 aliphatic heterocycles. The normalized spacial score (nSPS) is 18.0. The van der Waals surface area contributed by atoms with Crippen LogP contribution >= 0.6 is 7.82 Å². The number of hydrogen-bond acceptors (Lipinski definition) is 7. The first-order valence-electron chi connectivity index (χ1n) is 2.66. The van der Waals surface area contributed by atoms with Crippen molar-refractivity contribution in [1.29, 1.82) is 0 Å². The van der Waals surface area contributed by atoms with Crippen molar-refractivity contribution in [3.05, 3.63) is 0 Å². The highest BCUT2D eigenvalue weighted by Crippen LogP contribution is 2.41. The van der Waals surface area contributed by atoms with Crippen LogP contribution in [0.15, 0.2) is 0 Å². The first kappa shape index (κ1) is 11.5. The van der Waals surface area contributed by atoms with Crippen molar-refractivity contribution in [3.63, 3.8) is 0 Å². The van der Waals surface area contributed by atoms with Gasteiger partial charge in [-0.3, -0.25) is 4.89 Å². The number of phosphoric acid groups is 1. The number of aliphatic hydroxyl groups excluding tert-OH is 2. The van der Waals surface area contributed by atoms with Gasteiger partial charge in [0.05, 0.1) is 6.61 Å². The molecule has 2 unspecified atom stereocenters. The summed E-state index contributed by atoms with van der Waals surface area (Å²) in [5, 5.41) is 16.7. The molecule has 0 fully saturated rings. The van der Waals surface area contributed by atoms with Gasteiger partial charge in [0.1, 0.15) is 0 Å². The zero-order valence-electron chi connectivity index (χ0n) is 5.78. The number of hydrogen-bond donors (Lipinski definition) is 4. The van der Waals surface area contributed by atoms with Gasteiger partial charge in [0.25, 0.3) is 0 Å². The maximum absolute atomic E-state index is 10.4. The van der Waals surface area contributed by atoms with Crippen LogP contribution in [-0.2, 0) is 18.5 Å². The molecule has 9 heteroatoms. The van der Waals surface area contributed by atoms with Gasteiger partial charge in [-0.1, -0.05) is 0 Å². The zero-order chi connectivity index (χ0) is 9.78. The number of carbonyl (C=O) groups is 1. The van der Waals surface area contributed by atoms with Gasteiger partial charge in [-0.15, -0.1) is 0 Å². The fourth-order valence-electron chi connectivity index (χ4n) is 0.271. The van der Waals surface area contributed by atoms with E-state index in [-0.39, 0.29) is 0 Å². The Morgan fingerprint density at radius 1 is 1.67 bits per heavy atom. The molecular weight excluding hydrogens is 193 g/mol. The van der Waals surface area contributed by atoms with Crippen molar-refractivity contribution >= 4 is 13.8 Å². The molecule has 0 aromatic heterocycles. The monoisotopic (exact) mass is 201 g/mol. The first-order valence-corrected chi connectivity index (χ1v) is 4.16. The molecule has 0 aliphatic rings. The van der Waals surface area contributed by atoms with Crippen molar-refractivity contribution in [3.8, 4) is 0 Å². The van der Waals surface area contributed by atoms with E-state index in [1.807, 2.05) is 0 Å². The number of carbonyl (C=O) groups excluding carboxylic acids is 1. The summed E-state index contributed by atoms with van der Waals surface area (Å²) in [6, 6.07) is 0. The molecule has 0 saturated heterocycles. The van der Waals surface area contributed by atoms with E-state index in [0.717, 1.165) is 0 Å². The Labute approximate surface area is 67.1 Å². The molecular formula is C3H8NO7P. The van der Waals surface area contributed by atoms with E-state index < -0.39 is 26.5 Å².